The van der Waals surface area contributed by atoms with Crippen LogP contribution in [0.3, 0.4) is 0 Å². The molecule has 0 radical (unpaired) electrons. The molecule has 0 amide bonds. The number of hydrogen-bond donors (Lipinski definition) is 1. The van der Waals surface area contributed by atoms with Gasteiger partial charge in [-0.15, -0.1) is 0 Å². The molecule has 1 aromatic rings. The van der Waals surface area contributed by atoms with Gasteiger partial charge in [0, 0.05) is 14.2 Å². The van der Waals surface area contributed by atoms with E-state index in [1.807, 2.05) is 0 Å². The number of esters is 1. The van der Waals surface area contributed by atoms with E-state index < -0.39 is 18.2 Å². The molecule has 0 spiro atoms. The first kappa shape index (κ1) is 14.1. The normalized spacial score (nSPS) is 10.4. The maximum atomic E-state index is 11.6. The van der Waals surface area contributed by atoms with Crippen LogP contribution in [0.1, 0.15) is 20.7 Å². The lowest BCUT2D eigenvalue weighted by molar-refractivity contribution is -0.129. The van der Waals surface area contributed by atoms with E-state index in [1.54, 1.807) is 0 Å². The second kappa shape index (κ2) is 6.73. The summed E-state index contributed by atoms with van der Waals surface area (Å²) < 4.78 is 14.7. The Morgan fingerprint density at radius 1 is 1.11 bits per heavy atom. The van der Waals surface area contributed by atoms with E-state index in [4.69, 9.17) is 19.3 Å². The van der Waals surface area contributed by atoms with Gasteiger partial charge in [0.25, 0.3) is 0 Å². The van der Waals surface area contributed by atoms with Crippen molar-refractivity contribution in [3.8, 4) is 0 Å². The van der Waals surface area contributed by atoms with Crippen LogP contribution in [0, 0.1) is 0 Å². The first-order valence-corrected chi connectivity index (χ1v) is 5.14. The summed E-state index contributed by atoms with van der Waals surface area (Å²) in [7, 11) is 2.87. The number of carbonyl (C=O) groups excluding carboxylic acids is 1. The van der Waals surface area contributed by atoms with Crippen LogP contribution in [-0.2, 0) is 14.2 Å². The lowest BCUT2D eigenvalue weighted by Gasteiger charge is -2.13. The molecule has 0 aliphatic rings. The number of aromatic carboxylic acids is 1. The van der Waals surface area contributed by atoms with Gasteiger partial charge < -0.3 is 19.3 Å². The molecule has 0 aliphatic heterocycles. The van der Waals surface area contributed by atoms with Gasteiger partial charge in [0.05, 0.1) is 11.1 Å². The summed E-state index contributed by atoms with van der Waals surface area (Å²) in [6.07, 6.45) is -0.618. The summed E-state index contributed by atoms with van der Waals surface area (Å²) in [5.74, 6) is -1.61. The minimum absolute atomic E-state index is 0.0352. The van der Waals surface area contributed by atoms with E-state index in [9.17, 15) is 9.59 Å². The van der Waals surface area contributed by atoms with E-state index in [0.717, 1.165) is 0 Å². The van der Waals surface area contributed by atoms with E-state index in [1.165, 1.54) is 38.5 Å². The molecule has 0 aromatic heterocycles. The predicted octanol–water partition coefficient (Wildman–Crippen LogP) is 1.16. The van der Waals surface area contributed by atoms with Crippen molar-refractivity contribution >= 4 is 11.9 Å². The van der Waals surface area contributed by atoms with Crippen molar-refractivity contribution in [1.29, 1.82) is 0 Å². The van der Waals surface area contributed by atoms with E-state index in [2.05, 4.69) is 0 Å². The third kappa shape index (κ3) is 3.83. The molecule has 18 heavy (non-hydrogen) atoms. The van der Waals surface area contributed by atoms with Crippen molar-refractivity contribution in [2.24, 2.45) is 0 Å². The quantitative estimate of drug-likeness (QED) is 0.606. The molecule has 0 atom stereocenters. The summed E-state index contributed by atoms with van der Waals surface area (Å²) in [6.45, 7) is -0.0352. The Balaban J connectivity index is 2.59. The molecule has 1 rings (SSSR count). The predicted molar refractivity (Wildman–Crippen MR) is 61.5 cm³/mol. The second-order valence-electron chi connectivity index (χ2n) is 3.38. The molecule has 6 heteroatoms. The van der Waals surface area contributed by atoms with Gasteiger partial charge in [-0.25, -0.2) is 9.59 Å². The van der Waals surface area contributed by atoms with Gasteiger partial charge >= 0.3 is 11.9 Å². The molecule has 0 unspecified atom stereocenters. The SMILES string of the molecule is COC(COC(=O)c1ccc(C(=O)O)cc1)OC. The average Bonchev–Trinajstić information content (AvgIpc) is 2.39. The monoisotopic (exact) mass is 254 g/mol. The van der Waals surface area contributed by atoms with Crippen LogP contribution in [0.5, 0.6) is 0 Å². The number of ether oxygens (including phenoxy) is 3. The molecular weight excluding hydrogens is 240 g/mol. The molecule has 98 valence electrons. The highest BCUT2D eigenvalue weighted by Crippen LogP contribution is 2.06. The molecular formula is C12H14O6. The fourth-order valence-corrected chi connectivity index (χ4v) is 1.21. The molecule has 1 N–H and O–H groups in total. The molecule has 0 heterocycles. The van der Waals surface area contributed by atoms with Gasteiger partial charge in [-0.3, -0.25) is 0 Å². The summed E-state index contributed by atoms with van der Waals surface area (Å²) in [4.78, 5) is 22.2. The zero-order chi connectivity index (χ0) is 13.5. The smallest absolute Gasteiger partial charge is 0.338 e. The van der Waals surface area contributed by atoms with Gasteiger partial charge in [0.15, 0.2) is 6.29 Å². The lowest BCUT2D eigenvalue weighted by Crippen LogP contribution is -2.22. The summed E-state index contributed by atoms with van der Waals surface area (Å²) in [6, 6.07) is 5.45. The third-order valence-corrected chi connectivity index (χ3v) is 2.24. The van der Waals surface area contributed by atoms with Crippen molar-refractivity contribution in [2.75, 3.05) is 20.8 Å². The summed E-state index contributed by atoms with van der Waals surface area (Å²) in [5.41, 5.74) is 0.379. The first-order chi connectivity index (χ1) is 8.58. The molecule has 1 aromatic carbocycles. The van der Waals surface area contributed by atoms with Crippen molar-refractivity contribution in [3.05, 3.63) is 35.4 Å². The Morgan fingerprint density at radius 2 is 1.61 bits per heavy atom. The molecule has 6 nitrogen and oxygen atoms in total. The Hall–Kier alpha value is -1.92. The van der Waals surface area contributed by atoms with Crippen LogP contribution in [0.4, 0.5) is 0 Å². The molecule has 0 saturated carbocycles. The van der Waals surface area contributed by atoms with Crippen molar-refractivity contribution < 1.29 is 28.9 Å². The zero-order valence-electron chi connectivity index (χ0n) is 10.1. The fraction of sp³-hybridized carbons (Fsp3) is 0.333. The van der Waals surface area contributed by atoms with Crippen molar-refractivity contribution in [2.45, 2.75) is 6.29 Å². The number of carboxylic acid groups (broad SMARTS) is 1. The Morgan fingerprint density at radius 3 is 2.06 bits per heavy atom. The molecule has 0 aliphatic carbocycles. The highest BCUT2D eigenvalue weighted by molar-refractivity contribution is 5.92. The number of rotatable bonds is 6. The Bertz CT molecular complexity index is 407. The fourth-order valence-electron chi connectivity index (χ4n) is 1.21. The first-order valence-electron chi connectivity index (χ1n) is 5.14. The summed E-state index contributed by atoms with van der Waals surface area (Å²) in [5, 5.41) is 8.71. The van der Waals surface area contributed by atoms with Crippen LogP contribution in [0.25, 0.3) is 0 Å². The summed E-state index contributed by atoms with van der Waals surface area (Å²) >= 11 is 0. The minimum atomic E-state index is -1.05. The van der Waals surface area contributed by atoms with Crippen molar-refractivity contribution in [1.82, 2.24) is 0 Å². The molecule has 0 bridgehead atoms. The van der Waals surface area contributed by atoms with Crippen LogP contribution in [0.15, 0.2) is 24.3 Å². The number of carbonyl (C=O) groups is 2. The maximum Gasteiger partial charge on any atom is 0.338 e. The van der Waals surface area contributed by atoms with Crippen LogP contribution in [0.2, 0.25) is 0 Å². The van der Waals surface area contributed by atoms with Crippen LogP contribution in [-0.4, -0.2) is 44.2 Å². The Labute approximate surface area is 104 Å². The number of methoxy groups -OCH3 is 2. The molecule has 0 fully saturated rings. The van der Waals surface area contributed by atoms with Gasteiger partial charge in [-0.05, 0) is 24.3 Å². The molecule has 0 saturated heterocycles. The van der Waals surface area contributed by atoms with Crippen LogP contribution < -0.4 is 0 Å². The number of benzene rings is 1. The topological polar surface area (TPSA) is 82.1 Å². The van der Waals surface area contributed by atoms with E-state index >= 15 is 0 Å². The van der Waals surface area contributed by atoms with E-state index in [-0.39, 0.29) is 17.7 Å². The van der Waals surface area contributed by atoms with E-state index in [0.29, 0.717) is 0 Å². The standard InChI is InChI=1S/C12H14O6/c1-16-10(17-2)7-18-12(15)9-5-3-8(4-6-9)11(13)14/h3-6,10H,7H2,1-2H3,(H,13,14). The van der Waals surface area contributed by atoms with Gasteiger partial charge in [-0.2, -0.15) is 0 Å². The minimum Gasteiger partial charge on any atom is -0.478 e. The van der Waals surface area contributed by atoms with Gasteiger partial charge in [0.1, 0.15) is 6.61 Å². The largest absolute Gasteiger partial charge is 0.478 e. The Kier molecular flexibility index (Phi) is 5.29. The number of hydrogen-bond acceptors (Lipinski definition) is 5. The van der Waals surface area contributed by atoms with Crippen LogP contribution >= 0.6 is 0 Å². The second-order valence-corrected chi connectivity index (χ2v) is 3.38. The van der Waals surface area contributed by atoms with Gasteiger partial charge in [-0.1, -0.05) is 0 Å². The zero-order valence-corrected chi connectivity index (χ0v) is 10.1. The van der Waals surface area contributed by atoms with Gasteiger partial charge in [0.2, 0.25) is 0 Å². The van der Waals surface area contributed by atoms with Crippen molar-refractivity contribution in [3.63, 3.8) is 0 Å². The number of carboxylic acids is 1. The maximum absolute atomic E-state index is 11.6. The average molecular weight is 254 g/mol. The lowest BCUT2D eigenvalue weighted by atomic mass is 10.1. The highest BCUT2D eigenvalue weighted by Gasteiger charge is 2.12. The third-order valence-electron chi connectivity index (χ3n) is 2.24. The highest BCUT2D eigenvalue weighted by atomic mass is 16.7.